The standard InChI is InChI=1S/C20H22N2O/c1-4-19(22-10-9-21-13-22)17-7-5-16(6-8-17)18-11-14(2)20(23)15(3)12-18/h5-13,19,23H,4H2,1-3H3. The van der Waals surface area contributed by atoms with Gasteiger partial charge in [0.2, 0.25) is 0 Å². The van der Waals surface area contributed by atoms with Gasteiger partial charge in [-0.3, -0.25) is 0 Å². The Kier molecular flexibility index (Phi) is 4.20. The highest BCUT2D eigenvalue weighted by molar-refractivity contribution is 5.67. The van der Waals surface area contributed by atoms with Crippen molar-refractivity contribution >= 4 is 0 Å². The number of benzene rings is 2. The van der Waals surface area contributed by atoms with Crippen LogP contribution in [-0.2, 0) is 0 Å². The zero-order valence-electron chi connectivity index (χ0n) is 13.8. The number of hydrogen-bond acceptors (Lipinski definition) is 2. The Morgan fingerprint density at radius 2 is 1.70 bits per heavy atom. The number of aromatic nitrogens is 2. The fourth-order valence-corrected chi connectivity index (χ4v) is 3.09. The number of hydrogen-bond donors (Lipinski definition) is 1. The summed E-state index contributed by atoms with van der Waals surface area (Å²) in [5.74, 6) is 0.386. The molecule has 0 saturated heterocycles. The van der Waals surface area contributed by atoms with Crippen molar-refractivity contribution in [3.8, 4) is 16.9 Å². The van der Waals surface area contributed by atoms with Gasteiger partial charge in [-0.15, -0.1) is 0 Å². The molecule has 2 aromatic carbocycles. The van der Waals surface area contributed by atoms with Gasteiger partial charge < -0.3 is 9.67 Å². The predicted molar refractivity (Wildman–Crippen MR) is 93.7 cm³/mol. The Bertz CT molecular complexity index is 766. The molecule has 3 heteroatoms. The van der Waals surface area contributed by atoms with Crippen LogP contribution in [-0.4, -0.2) is 14.7 Å². The highest BCUT2D eigenvalue weighted by Gasteiger charge is 2.11. The lowest BCUT2D eigenvalue weighted by Crippen LogP contribution is -2.07. The van der Waals surface area contributed by atoms with Crippen LogP contribution >= 0.6 is 0 Å². The van der Waals surface area contributed by atoms with Crippen LogP contribution in [0.4, 0.5) is 0 Å². The summed E-state index contributed by atoms with van der Waals surface area (Å²) in [6, 6.07) is 13.0. The number of aromatic hydroxyl groups is 1. The molecule has 0 amide bonds. The first kappa shape index (κ1) is 15.3. The zero-order valence-corrected chi connectivity index (χ0v) is 13.8. The van der Waals surface area contributed by atoms with Crippen LogP contribution in [0.25, 0.3) is 11.1 Å². The number of rotatable bonds is 4. The van der Waals surface area contributed by atoms with Crippen molar-refractivity contribution in [3.05, 3.63) is 71.8 Å². The van der Waals surface area contributed by atoms with E-state index in [2.05, 4.69) is 40.7 Å². The number of phenols is 1. The third-order valence-corrected chi connectivity index (χ3v) is 4.39. The third-order valence-electron chi connectivity index (χ3n) is 4.39. The molecule has 1 heterocycles. The summed E-state index contributed by atoms with van der Waals surface area (Å²) < 4.78 is 2.14. The van der Waals surface area contributed by atoms with Crippen LogP contribution in [0.2, 0.25) is 0 Å². The second-order valence-electron chi connectivity index (χ2n) is 6.01. The smallest absolute Gasteiger partial charge is 0.121 e. The number of aryl methyl sites for hydroxylation is 2. The molecular weight excluding hydrogens is 284 g/mol. The minimum atomic E-state index is 0.315. The van der Waals surface area contributed by atoms with Crippen molar-refractivity contribution in [1.82, 2.24) is 9.55 Å². The first-order valence-corrected chi connectivity index (χ1v) is 7.98. The molecule has 0 aliphatic heterocycles. The summed E-state index contributed by atoms with van der Waals surface area (Å²) in [5.41, 5.74) is 5.41. The molecule has 3 aromatic rings. The summed E-state index contributed by atoms with van der Waals surface area (Å²) in [6.45, 7) is 6.06. The summed E-state index contributed by atoms with van der Waals surface area (Å²) >= 11 is 0. The second kappa shape index (κ2) is 6.29. The van der Waals surface area contributed by atoms with Crippen LogP contribution < -0.4 is 0 Å². The first-order chi connectivity index (χ1) is 11.1. The van der Waals surface area contributed by atoms with E-state index in [-0.39, 0.29) is 0 Å². The second-order valence-corrected chi connectivity index (χ2v) is 6.01. The van der Waals surface area contributed by atoms with Crippen molar-refractivity contribution in [3.63, 3.8) is 0 Å². The van der Waals surface area contributed by atoms with Gasteiger partial charge >= 0.3 is 0 Å². The summed E-state index contributed by atoms with van der Waals surface area (Å²) in [5, 5.41) is 9.92. The van der Waals surface area contributed by atoms with Gasteiger partial charge in [0.15, 0.2) is 0 Å². The van der Waals surface area contributed by atoms with Gasteiger partial charge in [0.25, 0.3) is 0 Å². The molecule has 0 fully saturated rings. The van der Waals surface area contributed by atoms with Crippen LogP contribution in [0, 0.1) is 13.8 Å². The van der Waals surface area contributed by atoms with Crippen molar-refractivity contribution in [2.45, 2.75) is 33.2 Å². The summed E-state index contributed by atoms with van der Waals surface area (Å²) in [7, 11) is 0. The van der Waals surface area contributed by atoms with E-state index in [1.165, 1.54) is 11.1 Å². The molecular formula is C20H22N2O. The summed E-state index contributed by atoms with van der Waals surface area (Å²) in [6.07, 6.45) is 6.72. The average molecular weight is 306 g/mol. The van der Waals surface area contributed by atoms with Crippen molar-refractivity contribution in [2.24, 2.45) is 0 Å². The van der Waals surface area contributed by atoms with Crippen LogP contribution in [0.5, 0.6) is 5.75 Å². The van der Waals surface area contributed by atoms with E-state index >= 15 is 0 Å². The minimum absolute atomic E-state index is 0.315. The van der Waals surface area contributed by atoms with Gasteiger partial charge in [-0.05, 0) is 60.2 Å². The highest BCUT2D eigenvalue weighted by atomic mass is 16.3. The Balaban J connectivity index is 1.93. The molecule has 0 saturated carbocycles. The number of nitrogens with zero attached hydrogens (tertiary/aromatic N) is 2. The van der Waals surface area contributed by atoms with Gasteiger partial charge in [0, 0.05) is 12.4 Å². The van der Waals surface area contributed by atoms with Crippen LogP contribution in [0.1, 0.15) is 36.1 Å². The lowest BCUT2D eigenvalue weighted by molar-refractivity contribution is 0.467. The Labute approximate surface area is 137 Å². The van der Waals surface area contributed by atoms with Crippen LogP contribution in [0.3, 0.4) is 0 Å². The number of imidazole rings is 1. The van der Waals surface area contributed by atoms with E-state index < -0.39 is 0 Å². The quantitative estimate of drug-likeness (QED) is 0.746. The van der Waals surface area contributed by atoms with E-state index in [0.29, 0.717) is 11.8 Å². The topological polar surface area (TPSA) is 38.0 Å². The van der Waals surface area contributed by atoms with E-state index in [0.717, 1.165) is 23.1 Å². The third kappa shape index (κ3) is 3.00. The maximum atomic E-state index is 9.92. The maximum absolute atomic E-state index is 9.92. The maximum Gasteiger partial charge on any atom is 0.121 e. The molecule has 118 valence electrons. The van der Waals surface area contributed by atoms with Gasteiger partial charge in [0.1, 0.15) is 5.75 Å². The molecule has 1 unspecified atom stereocenters. The minimum Gasteiger partial charge on any atom is -0.507 e. The molecule has 3 nitrogen and oxygen atoms in total. The van der Waals surface area contributed by atoms with Crippen molar-refractivity contribution in [2.75, 3.05) is 0 Å². The Morgan fingerprint density at radius 3 is 2.22 bits per heavy atom. The lowest BCUT2D eigenvalue weighted by atomic mass is 9.97. The molecule has 0 radical (unpaired) electrons. The van der Waals surface area contributed by atoms with E-state index in [4.69, 9.17) is 0 Å². The SMILES string of the molecule is CCC(c1ccc(-c2cc(C)c(O)c(C)c2)cc1)n1ccnc1. The van der Waals surface area contributed by atoms with Gasteiger partial charge in [-0.1, -0.05) is 31.2 Å². The lowest BCUT2D eigenvalue weighted by Gasteiger charge is -2.17. The zero-order chi connectivity index (χ0) is 16.4. The molecule has 1 aromatic heterocycles. The molecule has 1 N–H and O–H groups in total. The molecule has 0 spiro atoms. The fourth-order valence-electron chi connectivity index (χ4n) is 3.09. The number of phenolic OH excluding ortho intramolecular Hbond substituents is 1. The molecule has 1 atom stereocenters. The van der Waals surface area contributed by atoms with E-state index in [1.807, 2.05) is 44.7 Å². The normalized spacial score (nSPS) is 12.3. The molecule has 3 rings (SSSR count). The van der Waals surface area contributed by atoms with E-state index in [9.17, 15) is 5.11 Å². The monoisotopic (exact) mass is 306 g/mol. The first-order valence-electron chi connectivity index (χ1n) is 7.98. The molecule has 23 heavy (non-hydrogen) atoms. The van der Waals surface area contributed by atoms with Gasteiger partial charge in [-0.25, -0.2) is 4.98 Å². The van der Waals surface area contributed by atoms with E-state index in [1.54, 1.807) is 0 Å². The van der Waals surface area contributed by atoms with Crippen LogP contribution in [0.15, 0.2) is 55.1 Å². The Hall–Kier alpha value is -2.55. The van der Waals surface area contributed by atoms with Gasteiger partial charge in [0.05, 0.1) is 12.4 Å². The summed E-state index contributed by atoms with van der Waals surface area (Å²) in [4.78, 5) is 4.15. The molecule has 0 aliphatic carbocycles. The Morgan fingerprint density at radius 1 is 1.04 bits per heavy atom. The largest absolute Gasteiger partial charge is 0.507 e. The van der Waals surface area contributed by atoms with Crippen molar-refractivity contribution in [1.29, 1.82) is 0 Å². The molecule has 0 bridgehead atoms. The van der Waals surface area contributed by atoms with Crippen molar-refractivity contribution < 1.29 is 5.11 Å². The fraction of sp³-hybridized carbons (Fsp3) is 0.250. The van der Waals surface area contributed by atoms with Gasteiger partial charge in [-0.2, -0.15) is 0 Å². The highest BCUT2D eigenvalue weighted by Crippen LogP contribution is 2.30. The predicted octanol–water partition coefficient (Wildman–Crippen LogP) is 4.87. The molecule has 0 aliphatic rings. The average Bonchev–Trinajstić information content (AvgIpc) is 3.08.